The fraction of sp³-hybridized carbons (Fsp3) is 0.500. The summed E-state index contributed by atoms with van der Waals surface area (Å²) < 4.78 is 0. The highest BCUT2D eigenvalue weighted by Gasteiger charge is 1.85. The zero-order valence-corrected chi connectivity index (χ0v) is 35.2. The van der Waals surface area contributed by atoms with E-state index in [2.05, 4.69) is 50.1 Å². The van der Waals surface area contributed by atoms with Crippen LogP contribution in [0.2, 0.25) is 0 Å². The van der Waals surface area contributed by atoms with Crippen molar-refractivity contribution in [2.45, 2.75) is 138 Å². The number of hydrogen-bond acceptors (Lipinski definition) is 10. The molecule has 50 heavy (non-hydrogen) atoms. The SMILES string of the molecule is CC.CC.CC.CC.CC.Cc1ccc(C)nn1.Cc1cnc(C)cn1.Cc1cnc(C)cn1.Cc1cnc(C)nc1.Cc1cnc(C)nc1. The molecule has 0 aliphatic carbocycles. The molecule has 5 aromatic heterocycles. The van der Waals surface area contributed by atoms with Crippen molar-refractivity contribution in [2.24, 2.45) is 0 Å². The fourth-order valence-electron chi connectivity index (χ4n) is 2.29. The van der Waals surface area contributed by atoms with Crippen LogP contribution in [0.3, 0.4) is 0 Å². The zero-order valence-electron chi connectivity index (χ0n) is 35.2. The molecule has 0 atom stereocenters. The molecule has 0 unspecified atom stereocenters. The molecule has 5 aromatic rings. The molecule has 0 amide bonds. The summed E-state index contributed by atoms with van der Waals surface area (Å²) in [4.78, 5) is 31.9. The Labute approximate surface area is 306 Å². The molecule has 0 N–H and O–H groups in total. The molecule has 0 spiro atoms. The van der Waals surface area contributed by atoms with Crippen molar-refractivity contribution >= 4 is 0 Å². The largest absolute Gasteiger partial charge is 0.258 e. The summed E-state index contributed by atoms with van der Waals surface area (Å²) in [6, 6.07) is 3.89. The van der Waals surface area contributed by atoms with E-state index in [9.17, 15) is 0 Å². The van der Waals surface area contributed by atoms with Crippen LogP contribution in [0.15, 0.2) is 61.7 Å². The van der Waals surface area contributed by atoms with E-state index in [0.29, 0.717) is 0 Å². The normalized spacial score (nSPS) is 8.00. The molecule has 0 bridgehead atoms. The molecule has 5 rings (SSSR count). The first-order chi connectivity index (χ1) is 23.9. The highest BCUT2D eigenvalue weighted by molar-refractivity contribution is 5.03. The second-order valence-corrected chi connectivity index (χ2v) is 9.03. The lowest BCUT2D eigenvalue weighted by atomic mass is 10.4. The van der Waals surface area contributed by atoms with Crippen LogP contribution in [0.5, 0.6) is 0 Å². The van der Waals surface area contributed by atoms with Gasteiger partial charge < -0.3 is 0 Å². The van der Waals surface area contributed by atoms with Crippen molar-refractivity contribution in [3.05, 3.63) is 119 Å². The van der Waals surface area contributed by atoms with Crippen LogP contribution in [-0.4, -0.2) is 50.1 Å². The van der Waals surface area contributed by atoms with Gasteiger partial charge in [-0.3, -0.25) is 19.9 Å². The van der Waals surface area contributed by atoms with E-state index < -0.39 is 0 Å². The number of aromatic nitrogens is 10. The quantitative estimate of drug-likeness (QED) is 0.155. The maximum Gasteiger partial charge on any atom is 0.125 e. The topological polar surface area (TPSA) is 129 Å². The molecule has 10 heteroatoms. The Hall–Kier alpha value is -4.60. The van der Waals surface area contributed by atoms with Crippen molar-refractivity contribution in [3.8, 4) is 0 Å². The first-order valence-corrected chi connectivity index (χ1v) is 17.7. The van der Waals surface area contributed by atoms with Gasteiger partial charge in [-0.25, -0.2) is 19.9 Å². The lowest BCUT2D eigenvalue weighted by Crippen LogP contribution is -1.86. The Morgan fingerprint density at radius 3 is 0.600 bits per heavy atom. The molecule has 0 radical (unpaired) electrons. The Bertz CT molecular complexity index is 983. The first kappa shape index (κ1) is 54.8. The summed E-state index contributed by atoms with van der Waals surface area (Å²) in [6.45, 7) is 39.2. The lowest BCUT2D eigenvalue weighted by molar-refractivity contribution is 0.941. The summed E-state index contributed by atoms with van der Waals surface area (Å²) in [5.41, 5.74) is 8.02. The standard InChI is InChI=1S/5C6H8N2.5C2H6/c2*1-5-3-8-6(2)4-7-5;2*1-5-3-7-6(2)8-4-5;1-5-3-4-6(2)8-7-5;5*1-2/h5*3-4H,1-2H3;5*1-2H3. The maximum absolute atomic E-state index is 4.02. The summed E-state index contributed by atoms with van der Waals surface area (Å²) in [7, 11) is 0. The molecule has 280 valence electrons. The van der Waals surface area contributed by atoms with Gasteiger partial charge in [0.15, 0.2) is 0 Å². The molecule has 10 nitrogen and oxygen atoms in total. The van der Waals surface area contributed by atoms with Gasteiger partial charge in [-0.05, 0) is 92.5 Å². The second-order valence-electron chi connectivity index (χ2n) is 9.03. The van der Waals surface area contributed by atoms with E-state index in [1.54, 1.807) is 24.8 Å². The van der Waals surface area contributed by atoms with Gasteiger partial charge in [-0.15, -0.1) is 0 Å². The van der Waals surface area contributed by atoms with E-state index in [1.165, 1.54) is 0 Å². The number of hydrogen-bond donors (Lipinski definition) is 0. The smallest absolute Gasteiger partial charge is 0.125 e. The Morgan fingerprint density at radius 2 is 0.460 bits per heavy atom. The van der Waals surface area contributed by atoms with Gasteiger partial charge >= 0.3 is 0 Å². The van der Waals surface area contributed by atoms with Crippen molar-refractivity contribution < 1.29 is 0 Å². The van der Waals surface area contributed by atoms with Gasteiger partial charge in [-0.2, -0.15) is 10.2 Å². The average molecular weight is 691 g/mol. The molecule has 0 aliphatic heterocycles. The molecule has 0 saturated heterocycles. The van der Waals surface area contributed by atoms with E-state index in [-0.39, 0.29) is 0 Å². The van der Waals surface area contributed by atoms with Crippen LogP contribution in [0, 0.1) is 69.2 Å². The van der Waals surface area contributed by atoms with E-state index in [0.717, 1.165) is 56.9 Å². The van der Waals surface area contributed by atoms with Gasteiger partial charge in [0.25, 0.3) is 0 Å². The van der Waals surface area contributed by atoms with E-state index in [1.807, 2.05) is 175 Å². The predicted octanol–water partition coefficient (Wildman–Crippen LogP) is 10.6. The molecular formula is C40H70N10. The monoisotopic (exact) mass is 691 g/mol. The Balaban J connectivity index is -0.000000158. The highest BCUT2D eigenvalue weighted by Crippen LogP contribution is 1.92. The first-order valence-electron chi connectivity index (χ1n) is 17.7. The number of nitrogens with zero attached hydrogens (tertiary/aromatic N) is 10. The minimum Gasteiger partial charge on any atom is -0.258 e. The van der Waals surface area contributed by atoms with Crippen molar-refractivity contribution in [1.29, 1.82) is 0 Å². The molecule has 5 heterocycles. The van der Waals surface area contributed by atoms with Gasteiger partial charge in [0.05, 0.1) is 34.2 Å². The van der Waals surface area contributed by atoms with Crippen molar-refractivity contribution in [1.82, 2.24) is 50.1 Å². The Morgan fingerprint density at radius 1 is 0.260 bits per heavy atom. The number of aryl methyl sites for hydroxylation is 10. The van der Waals surface area contributed by atoms with Crippen LogP contribution in [0.25, 0.3) is 0 Å². The third-order valence-corrected chi connectivity index (χ3v) is 4.57. The maximum atomic E-state index is 4.02. The minimum atomic E-state index is 0.829. The zero-order chi connectivity index (χ0) is 39.9. The molecular weight excluding hydrogens is 621 g/mol. The van der Waals surface area contributed by atoms with E-state index >= 15 is 0 Å². The Kier molecular flexibility index (Phi) is 44.5. The number of rotatable bonds is 0. The lowest BCUT2D eigenvalue weighted by Gasteiger charge is -1.88. The average Bonchev–Trinajstić information content (AvgIpc) is 3.16. The van der Waals surface area contributed by atoms with Crippen molar-refractivity contribution in [3.63, 3.8) is 0 Å². The third-order valence-electron chi connectivity index (χ3n) is 4.57. The second kappa shape index (κ2) is 40.6. The highest BCUT2D eigenvalue weighted by atomic mass is 15.1. The van der Waals surface area contributed by atoms with E-state index in [4.69, 9.17) is 0 Å². The summed E-state index contributed by atoms with van der Waals surface area (Å²) in [6.07, 6.45) is 14.3. The fourth-order valence-corrected chi connectivity index (χ4v) is 2.29. The third kappa shape index (κ3) is 37.9. The molecule has 0 fully saturated rings. The summed E-state index contributed by atoms with van der Waals surface area (Å²) in [5.74, 6) is 1.66. The summed E-state index contributed by atoms with van der Waals surface area (Å²) >= 11 is 0. The van der Waals surface area contributed by atoms with Crippen LogP contribution >= 0.6 is 0 Å². The van der Waals surface area contributed by atoms with Gasteiger partial charge in [0, 0.05) is 49.6 Å². The van der Waals surface area contributed by atoms with Gasteiger partial charge in [0.2, 0.25) is 0 Å². The summed E-state index contributed by atoms with van der Waals surface area (Å²) in [5, 5.41) is 7.66. The molecule has 0 aliphatic rings. The van der Waals surface area contributed by atoms with Gasteiger partial charge in [-0.1, -0.05) is 69.2 Å². The predicted molar refractivity (Wildman–Crippen MR) is 214 cm³/mol. The van der Waals surface area contributed by atoms with Crippen LogP contribution in [0.1, 0.15) is 126 Å². The van der Waals surface area contributed by atoms with Crippen molar-refractivity contribution in [2.75, 3.05) is 0 Å². The van der Waals surface area contributed by atoms with Crippen LogP contribution in [0.4, 0.5) is 0 Å². The van der Waals surface area contributed by atoms with Crippen LogP contribution in [-0.2, 0) is 0 Å². The van der Waals surface area contributed by atoms with Crippen LogP contribution < -0.4 is 0 Å². The molecule has 0 aromatic carbocycles. The van der Waals surface area contributed by atoms with Gasteiger partial charge in [0.1, 0.15) is 11.6 Å². The molecule has 0 saturated carbocycles. The minimum absolute atomic E-state index is 0.829.